The summed E-state index contributed by atoms with van der Waals surface area (Å²) in [6.45, 7) is 3.64. The summed E-state index contributed by atoms with van der Waals surface area (Å²) in [5.41, 5.74) is -0.123. The molecule has 24 heavy (non-hydrogen) atoms. The normalized spacial score (nSPS) is 21.4. The lowest BCUT2D eigenvalue weighted by atomic mass is 9.90. The lowest BCUT2D eigenvalue weighted by Crippen LogP contribution is -2.37. The highest BCUT2D eigenvalue weighted by atomic mass is 35.5. The minimum atomic E-state index is -0.903. The maximum atomic E-state index is 12.5. The maximum Gasteiger partial charge on any atom is 0.311 e. The molecule has 0 saturated carbocycles. The van der Waals surface area contributed by atoms with Crippen molar-refractivity contribution in [2.75, 3.05) is 13.1 Å². The average molecular weight is 353 g/mol. The van der Waals surface area contributed by atoms with Gasteiger partial charge in [-0.15, -0.1) is 0 Å². The first-order valence-corrected chi connectivity index (χ1v) is 8.13. The number of benzene rings is 1. The Morgan fingerprint density at radius 2 is 1.96 bits per heavy atom. The van der Waals surface area contributed by atoms with Crippen LogP contribution in [-0.2, 0) is 14.4 Å². The highest BCUT2D eigenvalue weighted by Gasteiger charge is 2.42. The van der Waals surface area contributed by atoms with Crippen molar-refractivity contribution in [3.63, 3.8) is 0 Å². The van der Waals surface area contributed by atoms with Gasteiger partial charge >= 0.3 is 5.97 Å². The molecule has 6 nitrogen and oxygen atoms in total. The highest BCUT2D eigenvalue weighted by Crippen LogP contribution is 2.31. The van der Waals surface area contributed by atoms with Gasteiger partial charge in [0.15, 0.2) is 0 Å². The Bertz CT molecular complexity index is 646. The number of rotatable bonds is 5. The van der Waals surface area contributed by atoms with Crippen molar-refractivity contribution < 1.29 is 19.5 Å². The lowest BCUT2D eigenvalue weighted by Gasteiger charge is -2.23. The Morgan fingerprint density at radius 1 is 1.33 bits per heavy atom. The molecule has 1 heterocycles. The first-order valence-electron chi connectivity index (χ1n) is 7.75. The predicted molar refractivity (Wildman–Crippen MR) is 89.6 cm³/mol. The van der Waals surface area contributed by atoms with E-state index in [9.17, 15) is 19.5 Å². The molecule has 1 saturated heterocycles. The number of hydrogen-bond donors (Lipinski definition) is 2. The zero-order valence-electron chi connectivity index (χ0n) is 13.7. The van der Waals surface area contributed by atoms with Crippen LogP contribution in [0.2, 0.25) is 5.02 Å². The SMILES string of the molecule is CC(=O)N[C@H](CC(=O)N1CC[C@](C)(C(=O)O)C1)c1ccc(Cl)cc1. The molecule has 0 unspecified atom stereocenters. The molecule has 1 aliphatic rings. The average Bonchev–Trinajstić information content (AvgIpc) is 2.91. The number of carboxylic acids is 1. The number of carbonyl (C=O) groups excluding carboxylic acids is 2. The van der Waals surface area contributed by atoms with E-state index < -0.39 is 17.4 Å². The molecular weight excluding hydrogens is 332 g/mol. The van der Waals surface area contributed by atoms with E-state index in [0.29, 0.717) is 18.0 Å². The first-order chi connectivity index (χ1) is 11.2. The number of nitrogens with zero attached hydrogens (tertiary/aromatic N) is 1. The summed E-state index contributed by atoms with van der Waals surface area (Å²) >= 11 is 5.87. The van der Waals surface area contributed by atoms with Gasteiger partial charge < -0.3 is 15.3 Å². The molecule has 0 radical (unpaired) electrons. The second-order valence-electron chi connectivity index (χ2n) is 6.44. The zero-order chi connectivity index (χ0) is 17.9. The first kappa shape index (κ1) is 18.3. The van der Waals surface area contributed by atoms with Crippen LogP contribution in [0.4, 0.5) is 0 Å². The molecule has 130 valence electrons. The molecule has 2 amide bonds. The minimum absolute atomic E-state index is 0.0803. The van der Waals surface area contributed by atoms with Crippen LogP contribution < -0.4 is 5.32 Å². The number of carbonyl (C=O) groups is 3. The van der Waals surface area contributed by atoms with Crippen LogP contribution in [-0.4, -0.2) is 40.9 Å². The Hall–Kier alpha value is -2.08. The topological polar surface area (TPSA) is 86.7 Å². The highest BCUT2D eigenvalue weighted by molar-refractivity contribution is 6.30. The fraction of sp³-hybridized carbons (Fsp3) is 0.471. The van der Waals surface area contributed by atoms with Gasteiger partial charge in [0.2, 0.25) is 11.8 Å². The summed E-state index contributed by atoms with van der Waals surface area (Å²) in [7, 11) is 0. The fourth-order valence-electron chi connectivity index (χ4n) is 2.84. The van der Waals surface area contributed by atoms with E-state index in [1.165, 1.54) is 6.92 Å². The van der Waals surface area contributed by atoms with Crippen molar-refractivity contribution in [3.8, 4) is 0 Å². The summed E-state index contributed by atoms with van der Waals surface area (Å²) in [6, 6.07) is 6.47. The Morgan fingerprint density at radius 3 is 2.46 bits per heavy atom. The number of carboxylic acid groups (broad SMARTS) is 1. The van der Waals surface area contributed by atoms with Crippen molar-refractivity contribution in [1.29, 1.82) is 0 Å². The Balaban J connectivity index is 2.09. The van der Waals surface area contributed by atoms with E-state index in [1.54, 1.807) is 36.1 Å². The Kier molecular flexibility index (Phi) is 5.49. The largest absolute Gasteiger partial charge is 0.481 e. The van der Waals surface area contributed by atoms with Crippen LogP contribution in [0.15, 0.2) is 24.3 Å². The van der Waals surface area contributed by atoms with Gasteiger partial charge in [0, 0.05) is 25.0 Å². The van der Waals surface area contributed by atoms with Crippen molar-refractivity contribution >= 4 is 29.4 Å². The molecule has 2 rings (SSSR count). The van der Waals surface area contributed by atoms with Crippen LogP contribution in [0.25, 0.3) is 0 Å². The van der Waals surface area contributed by atoms with Crippen molar-refractivity contribution in [3.05, 3.63) is 34.9 Å². The van der Waals surface area contributed by atoms with Crippen molar-refractivity contribution in [2.24, 2.45) is 5.41 Å². The smallest absolute Gasteiger partial charge is 0.311 e. The molecular formula is C17H21ClN2O4. The summed E-state index contributed by atoms with van der Waals surface area (Å²) in [5.74, 6) is -1.30. The number of likely N-dealkylation sites (tertiary alicyclic amines) is 1. The van der Waals surface area contributed by atoms with E-state index in [0.717, 1.165) is 5.56 Å². The lowest BCUT2D eigenvalue weighted by molar-refractivity contribution is -0.147. The molecule has 0 aromatic heterocycles. The summed E-state index contributed by atoms with van der Waals surface area (Å²) in [4.78, 5) is 36.9. The van der Waals surface area contributed by atoms with Gasteiger partial charge in [-0.3, -0.25) is 14.4 Å². The number of amides is 2. The maximum absolute atomic E-state index is 12.5. The van der Waals surface area contributed by atoms with E-state index in [1.807, 2.05) is 0 Å². The molecule has 0 aliphatic carbocycles. The van der Waals surface area contributed by atoms with E-state index in [-0.39, 0.29) is 24.8 Å². The van der Waals surface area contributed by atoms with Crippen molar-refractivity contribution in [2.45, 2.75) is 32.7 Å². The van der Waals surface area contributed by atoms with Gasteiger partial charge in [-0.05, 0) is 31.0 Å². The van der Waals surface area contributed by atoms with Gasteiger partial charge in [-0.1, -0.05) is 23.7 Å². The summed E-state index contributed by atoms with van der Waals surface area (Å²) in [5, 5.41) is 12.6. The molecule has 2 atom stereocenters. The molecule has 7 heteroatoms. The standard InChI is InChI=1S/C17H21ClN2O4/c1-11(21)19-14(12-3-5-13(18)6-4-12)9-15(22)20-8-7-17(2,10-20)16(23)24/h3-6,14H,7-10H2,1-2H3,(H,19,21)(H,23,24)/t14-,17+/m1/s1. The molecule has 1 aromatic rings. The molecule has 2 N–H and O–H groups in total. The van der Waals surface area contributed by atoms with E-state index in [4.69, 9.17) is 11.6 Å². The van der Waals surface area contributed by atoms with Gasteiger partial charge in [-0.2, -0.15) is 0 Å². The van der Waals surface area contributed by atoms with E-state index >= 15 is 0 Å². The molecule has 1 fully saturated rings. The zero-order valence-corrected chi connectivity index (χ0v) is 14.5. The number of nitrogens with one attached hydrogen (secondary N) is 1. The summed E-state index contributed by atoms with van der Waals surface area (Å²) < 4.78 is 0. The third kappa shape index (κ3) is 4.26. The molecule has 1 aliphatic heterocycles. The van der Waals surface area contributed by atoms with Gasteiger partial charge in [-0.25, -0.2) is 0 Å². The second kappa shape index (κ2) is 7.21. The molecule has 1 aromatic carbocycles. The third-order valence-corrected chi connectivity index (χ3v) is 4.62. The Labute approximate surface area is 145 Å². The second-order valence-corrected chi connectivity index (χ2v) is 6.88. The van der Waals surface area contributed by atoms with Crippen LogP contribution in [0, 0.1) is 5.41 Å². The monoisotopic (exact) mass is 352 g/mol. The minimum Gasteiger partial charge on any atom is -0.481 e. The van der Waals surface area contributed by atoms with Crippen LogP contribution >= 0.6 is 11.6 Å². The van der Waals surface area contributed by atoms with Crippen LogP contribution in [0.3, 0.4) is 0 Å². The number of aliphatic carboxylic acids is 1. The predicted octanol–water partition coefficient (Wildman–Crippen LogP) is 2.23. The number of halogens is 1. The van der Waals surface area contributed by atoms with Gasteiger partial charge in [0.25, 0.3) is 0 Å². The molecule has 0 spiro atoms. The van der Waals surface area contributed by atoms with Crippen LogP contribution in [0.1, 0.15) is 38.3 Å². The van der Waals surface area contributed by atoms with E-state index in [2.05, 4.69) is 5.32 Å². The number of hydrogen-bond acceptors (Lipinski definition) is 3. The third-order valence-electron chi connectivity index (χ3n) is 4.37. The van der Waals surface area contributed by atoms with Crippen LogP contribution in [0.5, 0.6) is 0 Å². The molecule has 0 bridgehead atoms. The van der Waals surface area contributed by atoms with Gasteiger partial charge in [0.05, 0.1) is 17.9 Å². The van der Waals surface area contributed by atoms with Gasteiger partial charge in [0.1, 0.15) is 0 Å². The van der Waals surface area contributed by atoms with Crippen molar-refractivity contribution in [1.82, 2.24) is 10.2 Å². The fourth-order valence-corrected chi connectivity index (χ4v) is 2.97. The summed E-state index contributed by atoms with van der Waals surface area (Å²) in [6.07, 6.45) is 0.511. The quantitative estimate of drug-likeness (QED) is 0.850.